The molecule has 3 aliphatic rings. The predicted molar refractivity (Wildman–Crippen MR) is 127 cm³/mol. The number of ketones is 2. The number of aromatic nitrogens is 2. The summed E-state index contributed by atoms with van der Waals surface area (Å²) < 4.78 is 6.21. The third kappa shape index (κ3) is 3.56. The maximum Gasteiger partial charge on any atom is 0.237 e. The minimum absolute atomic E-state index is 0.0737. The van der Waals surface area contributed by atoms with Crippen LogP contribution in [0.5, 0.6) is 0 Å². The first-order valence-electron chi connectivity index (χ1n) is 11.3. The lowest BCUT2D eigenvalue weighted by Gasteiger charge is -2.26. The van der Waals surface area contributed by atoms with E-state index in [4.69, 9.17) is 4.74 Å². The molecule has 6 nitrogen and oxygen atoms in total. The molecular formula is C26H23N3O3S. The van der Waals surface area contributed by atoms with Crippen LogP contribution in [0.1, 0.15) is 30.4 Å². The molecule has 1 fully saturated rings. The van der Waals surface area contributed by atoms with E-state index in [0.717, 1.165) is 41.6 Å². The zero-order valence-corrected chi connectivity index (χ0v) is 18.9. The number of Topliss-reactive ketones (excluding diaryl/α,β-unsaturated/α-hetero) is 2. The molecule has 33 heavy (non-hydrogen) atoms. The number of allylic oxidation sites excluding steroid dienone is 1. The molecule has 2 aromatic heterocycles. The van der Waals surface area contributed by atoms with Gasteiger partial charge in [-0.2, -0.15) is 0 Å². The SMILES string of the molecule is O=C1C(C(=O)C2CCC2)=C(N2CCSc3ccccc3C2)O/C1=C\c1c[nH]c2ncccc12. The van der Waals surface area contributed by atoms with Crippen LogP contribution < -0.4 is 0 Å². The number of benzene rings is 1. The Balaban J connectivity index is 1.39. The molecule has 2 aliphatic heterocycles. The van der Waals surface area contributed by atoms with Crippen molar-refractivity contribution in [2.45, 2.75) is 30.7 Å². The summed E-state index contributed by atoms with van der Waals surface area (Å²) in [5.41, 5.74) is 2.96. The van der Waals surface area contributed by atoms with E-state index in [1.807, 2.05) is 30.5 Å². The third-order valence-corrected chi connectivity index (χ3v) is 7.70. The number of carbonyl (C=O) groups is 2. The maximum atomic E-state index is 13.5. The third-order valence-electron chi connectivity index (χ3n) is 6.60. The van der Waals surface area contributed by atoms with Gasteiger partial charge in [0.05, 0.1) is 0 Å². The minimum atomic E-state index is -0.315. The summed E-state index contributed by atoms with van der Waals surface area (Å²) in [5, 5.41) is 0.904. The predicted octanol–water partition coefficient (Wildman–Crippen LogP) is 4.69. The molecule has 0 atom stereocenters. The normalized spacial score (nSPS) is 20.1. The Morgan fingerprint density at radius 1 is 1.21 bits per heavy atom. The molecule has 6 rings (SSSR count). The van der Waals surface area contributed by atoms with E-state index in [1.54, 1.807) is 24.0 Å². The molecule has 7 heteroatoms. The molecule has 1 aliphatic carbocycles. The van der Waals surface area contributed by atoms with Crippen molar-refractivity contribution >= 4 is 40.4 Å². The molecule has 0 saturated heterocycles. The number of aromatic amines is 1. The number of pyridine rings is 1. The lowest BCUT2D eigenvalue weighted by molar-refractivity contribution is -0.124. The minimum Gasteiger partial charge on any atom is -0.436 e. The second kappa shape index (κ2) is 8.23. The Labute approximate surface area is 195 Å². The number of rotatable bonds is 4. The number of hydrogen-bond donors (Lipinski definition) is 1. The highest BCUT2D eigenvalue weighted by Gasteiger charge is 2.42. The van der Waals surface area contributed by atoms with Gasteiger partial charge in [0, 0.05) is 53.0 Å². The van der Waals surface area contributed by atoms with Gasteiger partial charge in [-0.05, 0) is 42.7 Å². The van der Waals surface area contributed by atoms with E-state index in [9.17, 15) is 9.59 Å². The zero-order valence-electron chi connectivity index (χ0n) is 18.0. The molecule has 1 N–H and O–H groups in total. The summed E-state index contributed by atoms with van der Waals surface area (Å²) in [6, 6.07) is 12.1. The van der Waals surface area contributed by atoms with E-state index in [2.05, 4.69) is 27.0 Å². The second-order valence-corrected chi connectivity index (χ2v) is 9.77. The van der Waals surface area contributed by atoms with Gasteiger partial charge >= 0.3 is 0 Å². The monoisotopic (exact) mass is 457 g/mol. The molecular weight excluding hydrogens is 434 g/mol. The largest absolute Gasteiger partial charge is 0.436 e. The number of hydrogen-bond acceptors (Lipinski definition) is 6. The summed E-state index contributed by atoms with van der Waals surface area (Å²) in [6.45, 7) is 1.31. The van der Waals surface area contributed by atoms with Gasteiger partial charge in [0.2, 0.25) is 11.7 Å². The first kappa shape index (κ1) is 20.3. The van der Waals surface area contributed by atoms with Crippen molar-refractivity contribution in [3.05, 3.63) is 77.1 Å². The van der Waals surface area contributed by atoms with Gasteiger partial charge in [-0.15, -0.1) is 11.8 Å². The van der Waals surface area contributed by atoms with Crippen LogP contribution in [0.4, 0.5) is 0 Å². The summed E-state index contributed by atoms with van der Waals surface area (Å²) >= 11 is 1.80. The van der Waals surface area contributed by atoms with E-state index in [1.165, 1.54) is 10.5 Å². The molecule has 1 aromatic carbocycles. The van der Waals surface area contributed by atoms with Crippen LogP contribution >= 0.6 is 11.8 Å². The van der Waals surface area contributed by atoms with Crippen molar-refractivity contribution in [3.63, 3.8) is 0 Å². The van der Waals surface area contributed by atoms with Crippen LogP contribution in [0.25, 0.3) is 17.1 Å². The van der Waals surface area contributed by atoms with Crippen molar-refractivity contribution in [3.8, 4) is 0 Å². The standard InChI is InChI=1S/C26H23N3O3S/c30-23(16-6-3-7-16)22-24(31)20(13-18-14-28-25-19(18)8-4-10-27-25)32-26(22)29-11-12-33-21-9-2-1-5-17(21)15-29/h1-2,4-5,8-10,13-14,16H,3,6-7,11-12,15H2,(H,27,28)/b20-13-. The Kier molecular flexibility index (Phi) is 5.06. The van der Waals surface area contributed by atoms with Gasteiger partial charge in [0.25, 0.3) is 0 Å². The topological polar surface area (TPSA) is 75.3 Å². The van der Waals surface area contributed by atoms with Gasteiger partial charge in [-0.25, -0.2) is 4.98 Å². The highest BCUT2D eigenvalue weighted by atomic mass is 32.2. The quantitative estimate of drug-likeness (QED) is 0.452. The van der Waals surface area contributed by atoms with Gasteiger partial charge in [-0.1, -0.05) is 24.6 Å². The first-order valence-corrected chi connectivity index (χ1v) is 12.3. The number of nitrogens with one attached hydrogen (secondary N) is 1. The zero-order chi connectivity index (χ0) is 22.4. The lowest BCUT2D eigenvalue weighted by atomic mass is 9.79. The van der Waals surface area contributed by atoms with Crippen molar-refractivity contribution < 1.29 is 14.3 Å². The van der Waals surface area contributed by atoms with Crippen molar-refractivity contribution in [1.29, 1.82) is 0 Å². The average Bonchev–Trinajstić information content (AvgIpc) is 3.25. The summed E-state index contributed by atoms with van der Waals surface area (Å²) in [5.74, 6) is 1.01. The number of thioether (sulfide) groups is 1. The van der Waals surface area contributed by atoms with Crippen molar-refractivity contribution in [2.24, 2.45) is 5.92 Å². The van der Waals surface area contributed by atoms with Crippen LogP contribution in [-0.2, 0) is 20.9 Å². The Morgan fingerprint density at radius 3 is 2.94 bits per heavy atom. The van der Waals surface area contributed by atoms with Crippen molar-refractivity contribution in [2.75, 3.05) is 12.3 Å². The van der Waals surface area contributed by atoms with Gasteiger partial charge in [0.1, 0.15) is 11.2 Å². The van der Waals surface area contributed by atoms with E-state index in [0.29, 0.717) is 19.0 Å². The van der Waals surface area contributed by atoms with Crippen LogP contribution in [0.2, 0.25) is 0 Å². The van der Waals surface area contributed by atoms with Crippen LogP contribution in [-0.4, -0.2) is 38.7 Å². The number of nitrogens with zero attached hydrogens (tertiary/aromatic N) is 2. The Bertz CT molecular complexity index is 1340. The number of carbonyl (C=O) groups excluding carboxylic acids is 2. The molecule has 0 radical (unpaired) electrons. The fourth-order valence-electron chi connectivity index (χ4n) is 4.57. The van der Waals surface area contributed by atoms with Crippen LogP contribution in [0.15, 0.2) is 70.9 Å². The number of ether oxygens (including phenoxy) is 1. The summed E-state index contributed by atoms with van der Waals surface area (Å²) in [6.07, 6.45) is 7.98. The van der Waals surface area contributed by atoms with E-state index >= 15 is 0 Å². The summed E-state index contributed by atoms with van der Waals surface area (Å²) in [7, 11) is 0. The fourth-order valence-corrected chi connectivity index (χ4v) is 5.59. The van der Waals surface area contributed by atoms with E-state index < -0.39 is 0 Å². The average molecular weight is 458 g/mol. The van der Waals surface area contributed by atoms with Gasteiger partial charge in [0.15, 0.2) is 11.5 Å². The second-order valence-electron chi connectivity index (χ2n) is 8.63. The van der Waals surface area contributed by atoms with Crippen LogP contribution in [0, 0.1) is 5.92 Å². The lowest BCUT2D eigenvalue weighted by Crippen LogP contribution is -2.30. The van der Waals surface area contributed by atoms with Crippen molar-refractivity contribution in [1.82, 2.24) is 14.9 Å². The molecule has 3 aromatic rings. The first-order chi connectivity index (χ1) is 16.2. The molecule has 0 amide bonds. The van der Waals surface area contributed by atoms with E-state index in [-0.39, 0.29) is 28.8 Å². The fraction of sp³-hybridized carbons (Fsp3) is 0.269. The molecule has 0 spiro atoms. The Morgan fingerprint density at radius 2 is 2.09 bits per heavy atom. The number of fused-ring (bicyclic) bond motifs is 2. The number of H-pyrrole nitrogens is 1. The molecule has 4 heterocycles. The molecule has 0 bridgehead atoms. The van der Waals surface area contributed by atoms with Gasteiger partial charge in [-0.3, -0.25) is 9.59 Å². The maximum absolute atomic E-state index is 13.5. The van der Waals surface area contributed by atoms with Crippen LogP contribution in [0.3, 0.4) is 0 Å². The summed E-state index contributed by atoms with van der Waals surface area (Å²) in [4.78, 5) is 37.6. The smallest absolute Gasteiger partial charge is 0.237 e. The molecule has 1 saturated carbocycles. The van der Waals surface area contributed by atoms with Gasteiger partial charge < -0.3 is 14.6 Å². The highest BCUT2D eigenvalue weighted by molar-refractivity contribution is 7.99. The Hall–Kier alpha value is -3.32. The molecule has 166 valence electrons. The highest BCUT2D eigenvalue weighted by Crippen LogP contribution is 2.38. The molecule has 0 unspecified atom stereocenters.